The molecule has 8 nitrogen and oxygen atoms in total. The standard InChI is InChI=1S/C30H18ClFN4O4S2/c1-2-12-35-21-9-4-3-8-20(21)30(27(35)39)23-24(37)19-14-18(32)10-11-22(19)40-25(23)26(38)36(30)28-33-34-29(42-28)41-15-16-6-5-7-17(31)13-16/h2-11,13-14H,1,12,15H2. The van der Waals surface area contributed by atoms with Gasteiger partial charge < -0.3 is 9.32 Å². The van der Waals surface area contributed by atoms with Gasteiger partial charge in [0.05, 0.1) is 16.6 Å². The molecule has 5 aromatic rings. The van der Waals surface area contributed by atoms with Crippen molar-refractivity contribution in [2.45, 2.75) is 15.6 Å². The van der Waals surface area contributed by atoms with Crippen LogP contribution in [-0.2, 0) is 16.1 Å². The van der Waals surface area contributed by atoms with E-state index in [0.29, 0.717) is 26.4 Å². The lowest BCUT2D eigenvalue weighted by Gasteiger charge is -2.31. The van der Waals surface area contributed by atoms with Gasteiger partial charge in [0.2, 0.25) is 10.9 Å². The summed E-state index contributed by atoms with van der Waals surface area (Å²) in [7, 11) is 0. The SMILES string of the molecule is C=CCN1C(=O)C2(c3ccccc31)c1c(oc3ccc(F)cc3c1=O)C(=O)N2c1nnc(SCc2cccc(Cl)c2)s1. The van der Waals surface area contributed by atoms with Crippen molar-refractivity contribution >= 4 is 68.3 Å². The molecule has 0 bridgehead atoms. The molecule has 7 rings (SSSR count). The number of carbonyl (C=O) groups excluding carboxylic acids is 2. The first-order valence-electron chi connectivity index (χ1n) is 12.7. The second-order valence-electron chi connectivity index (χ2n) is 9.62. The van der Waals surface area contributed by atoms with Crippen LogP contribution < -0.4 is 15.2 Å². The van der Waals surface area contributed by atoms with E-state index in [9.17, 15) is 18.8 Å². The minimum Gasteiger partial charge on any atom is -0.450 e. The van der Waals surface area contributed by atoms with E-state index in [-0.39, 0.29) is 34.0 Å². The average molecular weight is 617 g/mol. The number of rotatable bonds is 6. The average Bonchev–Trinajstić information content (AvgIpc) is 3.62. The molecule has 2 aromatic heterocycles. The number of anilines is 2. The van der Waals surface area contributed by atoms with E-state index in [2.05, 4.69) is 16.8 Å². The molecule has 0 fully saturated rings. The van der Waals surface area contributed by atoms with Crippen molar-refractivity contribution in [3.63, 3.8) is 0 Å². The quantitative estimate of drug-likeness (QED) is 0.128. The van der Waals surface area contributed by atoms with E-state index < -0.39 is 28.6 Å². The fraction of sp³-hybridized carbons (Fsp3) is 0.100. The first kappa shape index (κ1) is 26.6. The highest BCUT2D eigenvalue weighted by atomic mass is 35.5. The number of thioether (sulfide) groups is 1. The summed E-state index contributed by atoms with van der Waals surface area (Å²) in [5.74, 6) is -1.69. The number of para-hydroxylation sites is 1. The van der Waals surface area contributed by atoms with Crippen molar-refractivity contribution in [2.24, 2.45) is 0 Å². The number of amides is 2. The van der Waals surface area contributed by atoms with Crippen LogP contribution in [0, 0.1) is 5.82 Å². The van der Waals surface area contributed by atoms with Crippen LogP contribution in [0.3, 0.4) is 0 Å². The van der Waals surface area contributed by atoms with Gasteiger partial charge in [-0.3, -0.25) is 19.3 Å². The van der Waals surface area contributed by atoms with Crippen LogP contribution in [0.2, 0.25) is 5.02 Å². The zero-order valence-corrected chi connectivity index (χ0v) is 23.9. The second kappa shape index (κ2) is 9.90. The Bertz CT molecular complexity index is 2030. The zero-order valence-electron chi connectivity index (χ0n) is 21.5. The van der Waals surface area contributed by atoms with Gasteiger partial charge in [-0.2, -0.15) is 0 Å². The number of hydrogen-bond donors (Lipinski definition) is 0. The van der Waals surface area contributed by atoms with Crippen molar-refractivity contribution in [1.29, 1.82) is 0 Å². The lowest BCUT2D eigenvalue weighted by atomic mass is 9.84. The van der Waals surface area contributed by atoms with Crippen molar-refractivity contribution in [3.05, 3.63) is 123 Å². The summed E-state index contributed by atoms with van der Waals surface area (Å²) in [4.78, 5) is 45.5. The summed E-state index contributed by atoms with van der Waals surface area (Å²) < 4.78 is 20.8. The molecule has 1 spiro atoms. The molecule has 0 N–H and O–H groups in total. The molecular formula is C30H18ClFN4O4S2. The summed E-state index contributed by atoms with van der Waals surface area (Å²) in [5.41, 5.74) is -0.895. The molecule has 0 saturated carbocycles. The molecule has 2 aliphatic heterocycles. The van der Waals surface area contributed by atoms with E-state index in [1.807, 2.05) is 18.2 Å². The van der Waals surface area contributed by atoms with Gasteiger partial charge in [-0.05, 0) is 42.0 Å². The Balaban J connectivity index is 1.44. The van der Waals surface area contributed by atoms with E-state index >= 15 is 0 Å². The molecule has 0 saturated heterocycles. The number of halogens is 2. The lowest BCUT2D eigenvalue weighted by molar-refractivity contribution is -0.121. The predicted molar refractivity (Wildman–Crippen MR) is 160 cm³/mol. The molecule has 2 amide bonds. The van der Waals surface area contributed by atoms with Crippen molar-refractivity contribution in [2.75, 3.05) is 16.3 Å². The first-order valence-corrected chi connectivity index (χ1v) is 14.9. The number of nitrogens with zero attached hydrogens (tertiary/aromatic N) is 4. The van der Waals surface area contributed by atoms with Crippen LogP contribution in [0.5, 0.6) is 0 Å². The van der Waals surface area contributed by atoms with Gasteiger partial charge in [0, 0.05) is 22.9 Å². The minimum absolute atomic E-state index is 0.0298. The number of carbonyl (C=O) groups is 2. The number of fused-ring (bicyclic) bond motifs is 5. The topological polar surface area (TPSA) is 96.6 Å². The number of aromatic nitrogens is 2. The summed E-state index contributed by atoms with van der Waals surface area (Å²) >= 11 is 8.62. The molecule has 3 aromatic carbocycles. The monoisotopic (exact) mass is 616 g/mol. The second-order valence-corrected chi connectivity index (χ2v) is 12.2. The van der Waals surface area contributed by atoms with Crippen LogP contribution in [0.15, 0.2) is 92.9 Å². The largest absolute Gasteiger partial charge is 0.450 e. The fourth-order valence-corrected chi connectivity index (χ4v) is 7.62. The van der Waals surface area contributed by atoms with Crippen molar-refractivity contribution < 1.29 is 18.4 Å². The van der Waals surface area contributed by atoms with Crippen LogP contribution >= 0.6 is 34.7 Å². The van der Waals surface area contributed by atoms with E-state index in [4.69, 9.17) is 16.0 Å². The molecule has 1 unspecified atom stereocenters. The van der Waals surface area contributed by atoms with Gasteiger partial charge >= 0.3 is 0 Å². The third-order valence-electron chi connectivity index (χ3n) is 7.24. The Morgan fingerprint density at radius 3 is 2.71 bits per heavy atom. The fourth-order valence-electron chi connectivity index (χ4n) is 5.57. The molecule has 42 heavy (non-hydrogen) atoms. The molecule has 2 aliphatic rings. The summed E-state index contributed by atoms with van der Waals surface area (Å²) in [6.07, 6.45) is 1.56. The van der Waals surface area contributed by atoms with Crippen LogP contribution in [-0.4, -0.2) is 28.6 Å². The van der Waals surface area contributed by atoms with Crippen LogP contribution in [0.1, 0.15) is 27.2 Å². The maximum atomic E-state index is 14.5. The Morgan fingerprint density at radius 2 is 1.90 bits per heavy atom. The summed E-state index contributed by atoms with van der Waals surface area (Å²) in [6, 6.07) is 17.8. The maximum Gasteiger partial charge on any atom is 0.297 e. The van der Waals surface area contributed by atoms with Crippen molar-refractivity contribution in [1.82, 2.24) is 10.2 Å². The van der Waals surface area contributed by atoms with Crippen molar-refractivity contribution in [3.8, 4) is 0 Å². The van der Waals surface area contributed by atoms with Gasteiger partial charge in [0.25, 0.3) is 11.8 Å². The summed E-state index contributed by atoms with van der Waals surface area (Å²) in [6.45, 7) is 3.90. The number of benzene rings is 3. The molecule has 4 heterocycles. The molecule has 208 valence electrons. The molecule has 0 aliphatic carbocycles. The first-order chi connectivity index (χ1) is 20.3. The molecule has 0 radical (unpaired) electrons. The van der Waals surface area contributed by atoms with Gasteiger partial charge in [0.1, 0.15) is 11.4 Å². The highest BCUT2D eigenvalue weighted by Gasteiger charge is 2.66. The molecule has 12 heteroatoms. The Labute approximate surface area is 251 Å². The van der Waals surface area contributed by atoms with Gasteiger partial charge in [-0.15, -0.1) is 16.8 Å². The minimum atomic E-state index is -1.94. The third kappa shape index (κ3) is 3.77. The molecular weight excluding hydrogens is 599 g/mol. The van der Waals surface area contributed by atoms with Crippen LogP contribution in [0.4, 0.5) is 15.2 Å². The predicted octanol–water partition coefficient (Wildman–Crippen LogP) is 6.17. The number of hydrogen-bond acceptors (Lipinski definition) is 8. The maximum absolute atomic E-state index is 14.5. The molecule has 1 atom stereocenters. The van der Waals surface area contributed by atoms with Crippen LogP contribution in [0.25, 0.3) is 11.0 Å². The van der Waals surface area contributed by atoms with Gasteiger partial charge in [-0.25, -0.2) is 4.39 Å². The highest BCUT2D eigenvalue weighted by Crippen LogP contribution is 2.54. The van der Waals surface area contributed by atoms with E-state index in [1.165, 1.54) is 27.6 Å². The van der Waals surface area contributed by atoms with Gasteiger partial charge in [-0.1, -0.05) is 71.1 Å². The normalized spacial score (nSPS) is 17.4. The highest BCUT2D eigenvalue weighted by molar-refractivity contribution is 8.00. The lowest BCUT2D eigenvalue weighted by Crippen LogP contribution is -2.53. The third-order valence-corrected chi connectivity index (χ3v) is 9.58. The van der Waals surface area contributed by atoms with Gasteiger partial charge in [0.15, 0.2) is 15.3 Å². The Kier molecular flexibility index (Phi) is 6.26. The Morgan fingerprint density at radius 1 is 1.07 bits per heavy atom. The zero-order chi connectivity index (χ0) is 29.2. The Hall–Kier alpha value is -4.32. The smallest absolute Gasteiger partial charge is 0.297 e. The van der Waals surface area contributed by atoms with E-state index in [1.54, 1.807) is 36.4 Å². The summed E-state index contributed by atoms with van der Waals surface area (Å²) in [5, 5.41) is 9.23. The van der Waals surface area contributed by atoms with E-state index in [0.717, 1.165) is 29.0 Å².